The van der Waals surface area contributed by atoms with E-state index in [1.807, 2.05) is 4.90 Å². The van der Waals surface area contributed by atoms with Gasteiger partial charge < -0.3 is 26.2 Å². The molecule has 2 saturated carbocycles. The molecule has 0 unspecified atom stereocenters. The third-order valence-corrected chi connectivity index (χ3v) is 9.56. The summed E-state index contributed by atoms with van der Waals surface area (Å²) in [5.41, 5.74) is 5.63. The van der Waals surface area contributed by atoms with E-state index in [1.54, 1.807) is 0 Å². The zero-order valence-electron chi connectivity index (χ0n) is 24.5. The molecular formula is C30H42F3N7O2. The van der Waals surface area contributed by atoms with Crippen molar-refractivity contribution in [2.45, 2.75) is 108 Å². The van der Waals surface area contributed by atoms with Crippen LogP contribution in [0.25, 0.3) is 10.9 Å². The first-order valence-electron chi connectivity index (χ1n) is 15.1. The molecule has 0 bridgehead atoms. The zero-order chi connectivity index (χ0) is 30.2. The number of likely N-dealkylation sites (tertiary alicyclic amines) is 1. The predicted octanol–water partition coefficient (Wildman–Crippen LogP) is 3.93. The van der Waals surface area contributed by atoms with Crippen molar-refractivity contribution >= 4 is 28.5 Å². The highest BCUT2D eigenvalue weighted by atomic mass is 19.4. The van der Waals surface area contributed by atoms with E-state index >= 15 is 0 Å². The fourth-order valence-electron chi connectivity index (χ4n) is 6.81. The molecule has 42 heavy (non-hydrogen) atoms. The Hall–Kier alpha value is -2.99. The van der Waals surface area contributed by atoms with Crippen LogP contribution in [0, 0.1) is 5.92 Å². The Morgan fingerprint density at radius 2 is 1.83 bits per heavy atom. The molecule has 1 saturated heterocycles. The van der Waals surface area contributed by atoms with Gasteiger partial charge in [0.1, 0.15) is 18.2 Å². The van der Waals surface area contributed by atoms with Gasteiger partial charge >= 0.3 is 6.18 Å². The standard InChI is InChI=1S/C30H42F3N7O2/c1-17(2)39(3)21-9-11-26(25(15-21)38-28(41)18-4-7-20(34)8-5-18)40-13-12-24(29(40)42)37-27-22-14-19(30(31,32)33)6-10-23(22)35-16-36-27/h6,10,14,16-18,20-21,24-26H,4-5,7-9,11-13,15,34H2,1-3H3,(H,38,41)(H,35,36,37)/t18?,20?,21-,24+,25-,26+/m1/s1. The number of hydrogen-bond acceptors (Lipinski definition) is 7. The summed E-state index contributed by atoms with van der Waals surface area (Å²) < 4.78 is 40.2. The summed E-state index contributed by atoms with van der Waals surface area (Å²) in [6, 6.07) is 3.13. The number of nitrogens with two attached hydrogens (primary N) is 1. The average molecular weight is 590 g/mol. The van der Waals surface area contributed by atoms with Crippen LogP contribution in [-0.2, 0) is 15.8 Å². The van der Waals surface area contributed by atoms with Gasteiger partial charge in [-0.15, -0.1) is 0 Å². The molecule has 2 amide bonds. The molecule has 230 valence electrons. The fourth-order valence-corrected chi connectivity index (χ4v) is 6.81. The maximum Gasteiger partial charge on any atom is 0.416 e. The van der Waals surface area contributed by atoms with E-state index in [1.165, 1.54) is 12.4 Å². The molecule has 2 aromatic rings. The Morgan fingerprint density at radius 3 is 2.52 bits per heavy atom. The molecule has 0 radical (unpaired) electrons. The van der Waals surface area contributed by atoms with E-state index in [0.29, 0.717) is 24.5 Å². The summed E-state index contributed by atoms with van der Waals surface area (Å²) in [5, 5.41) is 6.67. The van der Waals surface area contributed by atoms with Crippen LogP contribution in [0.5, 0.6) is 0 Å². The number of amides is 2. The van der Waals surface area contributed by atoms with Crippen LogP contribution in [-0.4, -0.2) is 81.4 Å². The van der Waals surface area contributed by atoms with Crippen molar-refractivity contribution in [3.05, 3.63) is 30.1 Å². The number of aromatic nitrogens is 2. The molecule has 4 N–H and O–H groups in total. The van der Waals surface area contributed by atoms with Gasteiger partial charge in [-0.3, -0.25) is 9.59 Å². The summed E-state index contributed by atoms with van der Waals surface area (Å²) in [5.74, 6) is 0.0511. The van der Waals surface area contributed by atoms with Crippen LogP contribution in [0.2, 0.25) is 0 Å². The van der Waals surface area contributed by atoms with Crippen LogP contribution in [0.3, 0.4) is 0 Å². The number of nitrogens with one attached hydrogen (secondary N) is 2. The topological polar surface area (TPSA) is 116 Å². The summed E-state index contributed by atoms with van der Waals surface area (Å²) in [6.45, 7) is 4.80. The van der Waals surface area contributed by atoms with Gasteiger partial charge in [-0.1, -0.05) is 0 Å². The normalized spacial score (nSPS) is 29.0. The van der Waals surface area contributed by atoms with E-state index in [4.69, 9.17) is 5.73 Å². The van der Waals surface area contributed by atoms with Gasteiger partial charge in [0.2, 0.25) is 11.8 Å². The first kappa shape index (κ1) is 30.5. The molecule has 5 rings (SSSR count). The highest BCUT2D eigenvalue weighted by molar-refractivity contribution is 5.93. The number of alkyl halides is 3. The number of rotatable bonds is 7. The molecule has 2 aliphatic carbocycles. The van der Waals surface area contributed by atoms with E-state index in [-0.39, 0.29) is 53.1 Å². The van der Waals surface area contributed by atoms with Gasteiger partial charge in [0.25, 0.3) is 0 Å². The minimum absolute atomic E-state index is 0.0407. The van der Waals surface area contributed by atoms with Crippen molar-refractivity contribution in [3.8, 4) is 0 Å². The van der Waals surface area contributed by atoms with E-state index in [9.17, 15) is 22.8 Å². The van der Waals surface area contributed by atoms with Crippen molar-refractivity contribution in [3.63, 3.8) is 0 Å². The second-order valence-corrected chi connectivity index (χ2v) is 12.5. The largest absolute Gasteiger partial charge is 0.416 e. The number of carbonyl (C=O) groups is 2. The molecule has 1 aromatic carbocycles. The first-order chi connectivity index (χ1) is 19.9. The number of anilines is 1. The van der Waals surface area contributed by atoms with Crippen molar-refractivity contribution in [1.29, 1.82) is 0 Å². The van der Waals surface area contributed by atoms with Gasteiger partial charge in [0, 0.05) is 36.0 Å². The average Bonchev–Trinajstić information content (AvgIpc) is 3.31. The lowest BCUT2D eigenvalue weighted by molar-refractivity contribution is -0.137. The summed E-state index contributed by atoms with van der Waals surface area (Å²) in [6.07, 6.45) is 2.89. The van der Waals surface area contributed by atoms with Gasteiger partial charge in [0.05, 0.1) is 23.2 Å². The maximum absolute atomic E-state index is 13.8. The van der Waals surface area contributed by atoms with Crippen LogP contribution >= 0.6 is 0 Å². The SMILES string of the molecule is CC(C)N(C)[C@@H]1CC[C@H](N2CC[C@H](Nc3ncnc4ccc(C(F)(F)F)cc34)C2=O)[C@H](NC(=O)C2CCC(N)CC2)C1. The Morgan fingerprint density at radius 1 is 1.10 bits per heavy atom. The molecule has 12 heteroatoms. The number of carbonyl (C=O) groups excluding carboxylic acids is 2. The Bertz CT molecular complexity index is 1280. The molecule has 1 aliphatic heterocycles. The molecule has 0 spiro atoms. The van der Waals surface area contributed by atoms with Gasteiger partial charge in [-0.25, -0.2) is 9.97 Å². The van der Waals surface area contributed by atoms with Gasteiger partial charge in [0.15, 0.2) is 0 Å². The molecule has 2 heterocycles. The number of halogens is 3. The smallest absolute Gasteiger partial charge is 0.358 e. The van der Waals surface area contributed by atoms with Crippen LogP contribution in [0.15, 0.2) is 24.5 Å². The Kier molecular flexibility index (Phi) is 8.94. The third kappa shape index (κ3) is 6.49. The third-order valence-electron chi connectivity index (χ3n) is 9.56. The highest BCUT2D eigenvalue weighted by Crippen LogP contribution is 2.35. The molecular weight excluding hydrogens is 547 g/mol. The van der Waals surface area contributed by atoms with Gasteiger partial charge in [-0.05, 0) is 90.5 Å². The molecule has 1 aromatic heterocycles. The minimum Gasteiger partial charge on any atom is -0.358 e. The highest BCUT2D eigenvalue weighted by Gasteiger charge is 2.44. The maximum atomic E-state index is 13.8. The summed E-state index contributed by atoms with van der Waals surface area (Å²) >= 11 is 0. The monoisotopic (exact) mass is 589 g/mol. The predicted molar refractivity (Wildman–Crippen MR) is 154 cm³/mol. The number of fused-ring (bicyclic) bond motifs is 1. The van der Waals surface area contributed by atoms with E-state index in [0.717, 1.165) is 57.1 Å². The number of benzene rings is 1. The Labute approximate surface area is 244 Å². The summed E-state index contributed by atoms with van der Waals surface area (Å²) in [7, 11) is 2.11. The minimum atomic E-state index is -4.51. The zero-order valence-corrected chi connectivity index (χ0v) is 24.5. The van der Waals surface area contributed by atoms with Crippen molar-refractivity contribution in [2.24, 2.45) is 11.7 Å². The second kappa shape index (κ2) is 12.3. The first-order valence-corrected chi connectivity index (χ1v) is 15.1. The van der Waals surface area contributed by atoms with Crippen molar-refractivity contribution in [2.75, 3.05) is 18.9 Å². The second-order valence-electron chi connectivity index (χ2n) is 12.5. The lowest BCUT2D eigenvalue weighted by Gasteiger charge is -2.45. The Balaban J connectivity index is 1.33. The number of hydrogen-bond donors (Lipinski definition) is 3. The van der Waals surface area contributed by atoms with E-state index < -0.39 is 17.8 Å². The lowest BCUT2D eigenvalue weighted by Crippen LogP contribution is -2.59. The van der Waals surface area contributed by atoms with Crippen molar-refractivity contribution < 1.29 is 22.8 Å². The van der Waals surface area contributed by atoms with E-state index in [2.05, 4.69) is 46.4 Å². The van der Waals surface area contributed by atoms with Crippen molar-refractivity contribution in [1.82, 2.24) is 25.1 Å². The van der Waals surface area contributed by atoms with Crippen LogP contribution < -0.4 is 16.4 Å². The molecule has 3 fully saturated rings. The quantitative estimate of drug-likeness (QED) is 0.448. The van der Waals surface area contributed by atoms with Crippen LogP contribution in [0.4, 0.5) is 19.0 Å². The number of nitrogens with zero attached hydrogens (tertiary/aromatic N) is 4. The summed E-state index contributed by atoms with van der Waals surface area (Å²) in [4.78, 5) is 39.6. The van der Waals surface area contributed by atoms with Crippen LogP contribution in [0.1, 0.15) is 70.8 Å². The molecule has 3 aliphatic rings. The lowest BCUT2D eigenvalue weighted by atomic mass is 9.82. The molecule has 9 nitrogen and oxygen atoms in total. The molecule has 4 atom stereocenters. The fraction of sp³-hybridized carbons (Fsp3) is 0.667. The van der Waals surface area contributed by atoms with Gasteiger partial charge in [-0.2, -0.15) is 13.2 Å².